The number of pyridine rings is 1. The van der Waals surface area contributed by atoms with Gasteiger partial charge in [-0.15, -0.1) is 0 Å². The molecule has 1 N–H and O–H groups in total. The zero-order chi connectivity index (χ0) is 10.7. The molecular weight excluding hydrogens is 258 g/mol. The summed E-state index contributed by atoms with van der Waals surface area (Å²) in [6, 6.07) is 10.1. The molecule has 1 aromatic carbocycles. The molecule has 3 nitrogen and oxygen atoms in total. The minimum Gasteiger partial charge on any atom is -0.508 e. The summed E-state index contributed by atoms with van der Waals surface area (Å²) in [7, 11) is 0. The van der Waals surface area contributed by atoms with Gasteiger partial charge in [0.1, 0.15) is 11.5 Å². The van der Waals surface area contributed by atoms with Gasteiger partial charge in [-0.1, -0.05) is 0 Å². The summed E-state index contributed by atoms with van der Waals surface area (Å²) in [6.45, 7) is 0. The Kier molecular flexibility index (Phi) is 2.87. The SMILES string of the molecule is Oc1ccc(Oc2ccc(Br)cn2)cc1. The van der Waals surface area contributed by atoms with Crippen molar-refractivity contribution in [2.45, 2.75) is 0 Å². The van der Waals surface area contributed by atoms with Crippen molar-refractivity contribution in [3.63, 3.8) is 0 Å². The Bertz CT molecular complexity index is 396. The van der Waals surface area contributed by atoms with Gasteiger partial charge in [0.25, 0.3) is 0 Å². The lowest BCUT2D eigenvalue weighted by molar-refractivity contribution is 0.454. The summed E-state index contributed by atoms with van der Waals surface area (Å²) in [5.41, 5.74) is 0. The zero-order valence-electron chi connectivity index (χ0n) is 7.72. The highest BCUT2D eigenvalue weighted by Crippen LogP contribution is 2.22. The van der Waals surface area contributed by atoms with E-state index < -0.39 is 0 Å². The molecule has 1 heterocycles. The Labute approximate surface area is 95.5 Å². The van der Waals surface area contributed by atoms with E-state index >= 15 is 0 Å². The first-order valence-corrected chi connectivity index (χ1v) is 5.12. The molecule has 0 saturated carbocycles. The van der Waals surface area contributed by atoms with Crippen molar-refractivity contribution in [1.82, 2.24) is 4.98 Å². The Balaban J connectivity index is 2.15. The van der Waals surface area contributed by atoms with Crippen molar-refractivity contribution in [2.24, 2.45) is 0 Å². The Morgan fingerprint density at radius 2 is 1.80 bits per heavy atom. The van der Waals surface area contributed by atoms with Crippen LogP contribution >= 0.6 is 15.9 Å². The van der Waals surface area contributed by atoms with Gasteiger partial charge in [-0.25, -0.2) is 4.98 Å². The molecule has 0 atom stereocenters. The highest BCUT2D eigenvalue weighted by Gasteiger charge is 1.98. The monoisotopic (exact) mass is 265 g/mol. The molecule has 2 rings (SSSR count). The number of hydrogen-bond donors (Lipinski definition) is 1. The second kappa shape index (κ2) is 4.31. The number of ether oxygens (including phenoxy) is 1. The van der Waals surface area contributed by atoms with E-state index in [4.69, 9.17) is 9.84 Å². The van der Waals surface area contributed by atoms with Gasteiger partial charge in [0.05, 0.1) is 0 Å². The summed E-state index contributed by atoms with van der Waals surface area (Å²) in [4.78, 5) is 4.06. The van der Waals surface area contributed by atoms with Crippen LogP contribution in [0, 0.1) is 0 Å². The molecule has 0 aliphatic carbocycles. The van der Waals surface area contributed by atoms with E-state index in [2.05, 4.69) is 20.9 Å². The van der Waals surface area contributed by atoms with Crippen LogP contribution in [0.1, 0.15) is 0 Å². The van der Waals surface area contributed by atoms with Crippen LogP contribution in [0.2, 0.25) is 0 Å². The van der Waals surface area contributed by atoms with E-state index in [0.29, 0.717) is 11.6 Å². The fraction of sp³-hybridized carbons (Fsp3) is 0. The van der Waals surface area contributed by atoms with Crippen LogP contribution in [-0.2, 0) is 0 Å². The molecule has 0 aliphatic rings. The molecular formula is C11H8BrNO2. The third kappa shape index (κ3) is 2.70. The van der Waals surface area contributed by atoms with Gasteiger partial charge in [0.15, 0.2) is 0 Å². The van der Waals surface area contributed by atoms with Crippen molar-refractivity contribution in [2.75, 3.05) is 0 Å². The Morgan fingerprint density at radius 1 is 1.07 bits per heavy atom. The van der Waals surface area contributed by atoms with Crippen molar-refractivity contribution in [3.05, 3.63) is 47.1 Å². The van der Waals surface area contributed by atoms with Crippen LogP contribution in [0.4, 0.5) is 0 Å². The number of nitrogens with zero attached hydrogens (tertiary/aromatic N) is 1. The normalized spacial score (nSPS) is 9.93. The maximum Gasteiger partial charge on any atom is 0.219 e. The molecule has 0 amide bonds. The van der Waals surface area contributed by atoms with Gasteiger partial charge >= 0.3 is 0 Å². The molecule has 15 heavy (non-hydrogen) atoms. The maximum absolute atomic E-state index is 9.08. The lowest BCUT2D eigenvalue weighted by Gasteiger charge is -2.03. The molecule has 1 aromatic heterocycles. The number of benzene rings is 1. The van der Waals surface area contributed by atoms with E-state index in [1.54, 1.807) is 36.5 Å². The number of aromatic hydroxyl groups is 1. The average Bonchev–Trinajstić information content (AvgIpc) is 2.25. The third-order valence-electron chi connectivity index (χ3n) is 1.76. The maximum atomic E-state index is 9.08. The van der Waals surface area contributed by atoms with Crippen LogP contribution < -0.4 is 4.74 Å². The van der Waals surface area contributed by atoms with Crippen molar-refractivity contribution in [3.8, 4) is 17.4 Å². The minimum atomic E-state index is 0.214. The summed E-state index contributed by atoms with van der Waals surface area (Å²) in [6.07, 6.45) is 1.66. The van der Waals surface area contributed by atoms with Crippen LogP contribution in [0.15, 0.2) is 47.1 Å². The highest BCUT2D eigenvalue weighted by atomic mass is 79.9. The van der Waals surface area contributed by atoms with E-state index in [-0.39, 0.29) is 5.75 Å². The molecule has 0 aliphatic heterocycles. The first kappa shape index (κ1) is 9.98. The van der Waals surface area contributed by atoms with Crippen LogP contribution in [-0.4, -0.2) is 10.1 Å². The largest absolute Gasteiger partial charge is 0.508 e. The summed E-state index contributed by atoms with van der Waals surface area (Å²) >= 11 is 3.29. The van der Waals surface area contributed by atoms with Gasteiger partial charge in [-0.05, 0) is 46.3 Å². The fourth-order valence-corrected chi connectivity index (χ4v) is 1.29. The van der Waals surface area contributed by atoms with Crippen LogP contribution in [0.25, 0.3) is 0 Å². The molecule has 0 unspecified atom stereocenters. The van der Waals surface area contributed by atoms with Crippen molar-refractivity contribution < 1.29 is 9.84 Å². The molecule has 76 valence electrons. The van der Waals surface area contributed by atoms with E-state index in [1.807, 2.05) is 6.07 Å². The second-order valence-electron chi connectivity index (χ2n) is 2.91. The van der Waals surface area contributed by atoms with Crippen LogP contribution in [0.5, 0.6) is 17.4 Å². The predicted octanol–water partition coefficient (Wildman–Crippen LogP) is 3.34. The average molecular weight is 266 g/mol. The number of phenols is 1. The molecule has 4 heteroatoms. The predicted molar refractivity (Wildman–Crippen MR) is 60.1 cm³/mol. The van der Waals surface area contributed by atoms with E-state index in [0.717, 1.165) is 4.47 Å². The molecule has 0 saturated heterocycles. The fourth-order valence-electron chi connectivity index (χ4n) is 1.06. The summed E-state index contributed by atoms with van der Waals surface area (Å²) in [5.74, 6) is 1.37. The number of aromatic nitrogens is 1. The lowest BCUT2D eigenvalue weighted by Crippen LogP contribution is -1.86. The molecule has 0 fully saturated rings. The second-order valence-corrected chi connectivity index (χ2v) is 3.83. The Hall–Kier alpha value is -1.55. The van der Waals surface area contributed by atoms with Gasteiger partial charge in [-0.2, -0.15) is 0 Å². The zero-order valence-corrected chi connectivity index (χ0v) is 9.31. The van der Waals surface area contributed by atoms with Gasteiger partial charge < -0.3 is 9.84 Å². The molecule has 0 spiro atoms. The Morgan fingerprint density at radius 3 is 2.40 bits per heavy atom. The smallest absolute Gasteiger partial charge is 0.219 e. The van der Waals surface area contributed by atoms with Gasteiger partial charge in [0.2, 0.25) is 5.88 Å². The molecule has 0 radical (unpaired) electrons. The van der Waals surface area contributed by atoms with Crippen molar-refractivity contribution in [1.29, 1.82) is 0 Å². The number of hydrogen-bond acceptors (Lipinski definition) is 3. The first-order valence-electron chi connectivity index (χ1n) is 4.32. The molecule has 0 bridgehead atoms. The van der Waals surface area contributed by atoms with E-state index in [1.165, 1.54) is 0 Å². The van der Waals surface area contributed by atoms with E-state index in [9.17, 15) is 0 Å². The first-order chi connectivity index (χ1) is 7.24. The van der Waals surface area contributed by atoms with Crippen molar-refractivity contribution >= 4 is 15.9 Å². The topological polar surface area (TPSA) is 42.4 Å². The van der Waals surface area contributed by atoms with Gasteiger partial charge in [0, 0.05) is 16.7 Å². The van der Waals surface area contributed by atoms with Crippen LogP contribution in [0.3, 0.4) is 0 Å². The van der Waals surface area contributed by atoms with Gasteiger partial charge in [-0.3, -0.25) is 0 Å². The summed E-state index contributed by atoms with van der Waals surface area (Å²) in [5, 5.41) is 9.08. The standard InChI is InChI=1S/C11H8BrNO2/c12-8-1-6-11(13-7-8)15-10-4-2-9(14)3-5-10/h1-7,14H. The number of phenolic OH excluding ortho intramolecular Hbond substituents is 1. The molecule has 2 aromatic rings. The third-order valence-corrected chi connectivity index (χ3v) is 2.23. The minimum absolute atomic E-state index is 0.214. The number of rotatable bonds is 2. The quantitative estimate of drug-likeness (QED) is 0.906. The highest BCUT2D eigenvalue weighted by molar-refractivity contribution is 9.10. The lowest BCUT2D eigenvalue weighted by atomic mass is 10.3. The summed E-state index contributed by atoms with van der Waals surface area (Å²) < 4.78 is 6.35. The number of halogens is 1.